The third-order valence-electron chi connectivity index (χ3n) is 4.35. The van der Waals surface area contributed by atoms with Gasteiger partial charge in [0.05, 0.1) is 5.69 Å². The number of carbonyl (C=O) groups is 1. The van der Waals surface area contributed by atoms with Crippen LogP contribution in [0.25, 0.3) is 5.69 Å². The van der Waals surface area contributed by atoms with Crippen LogP contribution in [-0.4, -0.2) is 33.9 Å². The fraction of sp³-hybridized carbons (Fsp3) is 0.444. The first kappa shape index (κ1) is 15.7. The van der Waals surface area contributed by atoms with Crippen LogP contribution in [0.2, 0.25) is 0 Å². The first-order valence-corrected chi connectivity index (χ1v) is 8.33. The number of benzene rings is 1. The van der Waals surface area contributed by atoms with Crippen LogP contribution in [0.1, 0.15) is 47.1 Å². The lowest BCUT2D eigenvalue weighted by molar-refractivity contribution is 0.0945. The molecule has 0 aliphatic heterocycles. The van der Waals surface area contributed by atoms with Crippen molar-refractivity contribution in [1.29, 1.82) is 0 Å². The summed E-state index contributed by atoms with van der Waals surface area (Å²) >= 11 is 0. The molecule has 0 atom stereocenters. The van der Waals surface area contributed by atoms with Crippen LogP contribution in [-0.2, 0) is 19.3 Å². The van der Waals surface area contributed by atoms with Crippen molar-refractivity contribution < 1.29 is 9.90 Å². The van der Waals surface area contributed by atoms with Crippen LogP contribution in [0, 0.1) is 0 Å². The summed E-state index contributed by atoms with van der Waals surface area (Å²) in [7, 11) is 0. The topological polar surface area (TPSA) is 67.2 Å². The molecule has 1 aliphatic rings. The second-order valence-corrected chi connectivity index (χ2v) is 5.89. The predicted molar refractivity (Wildman–Crippen MR) is 89.0 cm³/mol. The summed E-state index contributed by atoms with van der Waals surface area (Å²) in [6.45, 7) is 2.69. The lowest BCUT2D eigenvalue weighted by atomic mass is 10.1. The van der Waals surface area contributed by atoms with Crippen LogP contribution in [0.3, 0.4) is 0 Å². The van der Waals surface area contributed by atoms with Crippen LogP contribution >= 0.6 is 0 Å². The zero-order valence-corrected chi connectivity index (χ0v) is 13.5. The third kappa shape index (κ3) is 3.15. The molecule has 5 nitrogen and oxygen atoms in total. The molecule has 1 aromatic carbocycles. The molecular weight excluding hydrogens is 290 g/mol. The van der Waals surface area contributed by atoms with Gasteiger partial charge in [-0.25, -0.2) is 4.68 Å². The Bertz CT molecular complexity index is 689. The largest absolute Gasteiger partial charge is 0.396 e. The molecule has 0 bridgehead atoms. The van der Waals surface area contributed by atoms with Gasteiger partial charge in [0.15, 0.2) is 5.69 Å². The number of rotatable bonds is 6. The third-order valence-corrected chi connectivity index (χ3v) is 4.35. The number of aliphatic hydroxyl groups excluding tert-OH is 1. The van der Waals surface area contributed by atoms with E-state index in [-0.39, 0.29) is 12.5 Å². The summed E-state index contributed by atoms with van der Waals surface area (Å²) in [6, 6.07) is 8.36. The Morgan fingerprint density at radius 3 is 2.78 bits per heavy atom. The molecule has 5 heteroatoms. The number of carbonyl (C=O) groups excluding carboxylic acids is 1. The lowest BCUT2D eigenvalue weighted by Gasteiger charge is -2.06. The van der Waals surface area contributed by atoms with Crippen molar-refractivity contribution in [3.05, 3.63) is 46.8 Å². The van der Waals surface area contributed by atoms with Gasteiger partial charge in [-0.1, -0.05) is 19.1 Å². The van der Waals surface area contributed by atoms with Crippen LogP contribution in [0.15, 0.2) is 24.3 Å². The zero-order valence-electron chi connectivity index (χ0n) is 13.5. The molecule has 0 spiro atoms. The highest BCUT2D eigenvalue weighted by Gasteiger charge is 2.26. The van der Waals surface area contributed by atoms with Gasteiger partial charge < -0.3 is 10.4 Å². The number of nitrogens with zero attached hydrogens (tertiary/aromatic N) is 2. The smallest absolute Gasteiger partial charge is 0.272 e. The van der Waals surface area contributed by atoms with Crippen molar-refractivity contribution in [1.82, 2.24) is 15.1 Å². The van der Waals surface area contributed by atoms with Crippen molar-refractivity contribution in [3.8, 4) is 5.69 Å². The highest BCUT2D eigenvalue weighted by Crippen LogP contribution is 2.28. The van der Waals surface area contributed by atoms with Gasteiger partial charge in [-0.15, -0.1) is 0 Å². The molecule has 0 fully saturated rings. The zero-order chi connectivity index (χ0) is 16.2. The summed E-state index contributed by atoms with van der Waals surface area (Å²) in [5.74, 6) is -0.138. The molecule has 122 valence electrons. The fourth-order valence-electron chi connectivity index (χ4n) is 3.07. The second kappa shape index (κ2) is 6.96. The molecule has 3 rings (SSSR count). The fourth-order valence-corrected chi connectivity index (χ4v) is 3.07. The molecule has 1 aromatic heterocycles. The lowest BCUT2D eigenvalue weighted by Crippen LogP contribution is -2.26. The number of aryl methyl sites for hydroxylation is 1. The van der Waals surface area contributed by atoms with E-state index < -0.39 is 0 Å². The van der Waals surface area contributed by atoms with Gasteiger partial charge >= 0.3 is 0 Å². The van der Waals surface area contributed by atoms with Crippen LogP contribution < -0.4 is 5.32 Å². The highest BCUT2D eigenvalue weighted by molar-refractivity contribution is 5.94. The van der Waals surface area contributed by atoms with Crippen molar-refractivity contribution in [3.63, 3.8) is 0 Å². The maximum atomic E-state index is 12.4. The maximum Gasteiger partial charge on any atom is 0.272 e. The molecule has 1 amide bonds. The monoisotopic (exact) mass is 313 g/mol. The second-order valence-electron chi connectivity index (χ2n) is 5.89. The predicted octanol–water partition coefficient (Wildman–Crippen LogP) is 2.04. The Labute approximate surface area is 136 Å². The Balaban J connectivity index is 1.90. The van der Waals surface area contributed by atoms with Crippen molar-refractivity contribution in [2.45, 2.75) is 39.0 Å². The van der Waals surface area contributed by atoms with Crippen LogP contribution in [0.4, 0.5) is 0 Å². The van der Waals surface area contributed by atoms with E-state index in [1.54, 1.807) is 0 Å². The summed E-state index contributed by atoms with van der Waals surface area (Å²) < 4.78 is 1.92. The summed E-state index contributed by atoms with van der Waals surface area (Å²) in [6.07, 6.45) is 4.51. The van der Waals surface area contributed by atoms with E-state index >= 15 is 0 Å². The summed E-state index contributed by atoms with van der Waals surface area (Å²) in [4.78, 5) is 12.4. The average molecular weight is 313 g/mol. The Hall–Kier alpha value is -2.14. The van der Waals surface area contributed by atoms with Gasteiger partial charge in [0, 0.05) is 24.4 Å². The van der Waals surface area contributed by atoms with E-state index in [1.807, 2.05) is 4.68 Å². The summed E-state index contributed by atoms with van der Waals surface area (Å²) in [5.41, 5.74) is 5.07. The van der Waals surface area contributed by atoms with Gasteiger partial charge in [0.25, 0.3) is 5.91 Å². The number of aliphatic hydroxyl groups is 1. The molecule has 0 radical (unpaired) electrons. The van der Waals surface area contributed by atoms with E-state index in [9.17, 15) is 4.79 Å². The molecule has 2 aromatic rings. The molecule has 1 aliphatic carbocycles. The standard InChI is InChI=1S/C18H23N3O2/c1-2-13-7-9-14(10-8-13)21-16-6-3-5-15(16)17(20-21)18(23)19-11-4-12-22/h7-10,22H,2-6,11-12H2,1H3,(H,19,23). The molecule has 23 heavy (non-hydrogen) atoms. The molecule has 2 N–H and O–H groups in total. The van der Waals surface area contributed by atoms with E-state index in [1.165, 1.54) is 5.56 Å². The Morgan fingerprint density at radius 2 is 2.09 bits per heavy atom. The summed E-state index contributed by atoms with van der Waals surface area (Å²) in [5, 5.41) is 16.2. The number of nitrogens with one attached hydrogen (secondary N) is 1. The molecular formula is C18H23N3O2. The number of hydrogen-bond donors (Lipinski definition) is 2. The van der Waals surface area contributed by atoms with Gasteiger partial charge in [-0.2, -0.15) is 5.10 Å². The van der Waals surface area contributed by atoms with Crippen LogP contribution in [0.5, 0.6) is 0 Å². The van der Waals surface area contributed by atoms with Gasteiger partial charge in [0.1, 0.15) is 0 Å². The molecule has 0 saturated carbocycles. The van der Waals surface area contributed by atoms with Gasteiger partial charge in [0.2, 0.25) is 0 Å². The van der Waals surface area contributed by atoms with Crippen molar-refractivity contribution in [2.24, 2.45) is 0 Å². The highest BCUT2D eigenvalue weighted by atomic mass is 16.3. The number of hydrogen-bond acceptors (Lipinski definition) is 3. The molecule has 0 unspecified atom stereocenters. The van der Waals surface area contributed by atoms with E-state index in [4.69, 9.17) is 5.11 Å². The number of amides is 1. The average Bonchev–Trinajstić information content (AvgIpc) is 3.17. The van der Waals surface area contributed by atoms with E-state index in [2.05, 4.69) is 41.6 Å². The van der Waals surface area contributed by atoms with Crippen molar-refractivity contribution in [2.75, 3.05) is 13.2 Å². The van der Waals surface area contributed by atoms with Crippen molar-refractivity contribution >= 4 is 5.91 Å². The number of fused-ring (bicyclic) bond motifs is 1. The van der Waals surface area contributed by atoms with E-state index in [0.29, 0.717) is 18.7 Å². The molecule has 0 saturated heterocycles. The minimum Gasteiger partial charge on any atom is -0.396 e. The first-order chi connectivity index (χ1) is 11.2. The van der Waals surface area contributed by atoms with Gasteiger partial charge in [-0.3, -0.25) is 4.79 Å². The first-order valence-electron chi connectivity index (χ1n) is 8.33. The SMILES string of the molecule is CCc1ccc(-n2nc(C(=O)NCCCO)c3c2CCC3)cc1. The molecule has 1 heterocycles. The van der Waals surface area contributed by atoms with Gasteiger partial charge in [-0.05, 0) is 49.8 Å². The quantitative estimate of drug-likeness (QED) is 0.802. The number of aromatic nitrogens is 2. The maximum absolute atomic E-state index is 12.4. The minimum atomic E-state index is -0.138. The normalized spacial score (nSPS) is 13.1. The Kier molecular flexibility index (Phi) is 4.76. The van der Waals surface area contributed by atoms with E-state index in [0.717, 1.165) is 42.6 Å². The minimum absolute atomic E-state index is 0.0800. The Morgan fingerprint density at radius 1 is 1.30 bits per heavy atom.